The molecule has 2 atom stereocenters. The van der Waals surface area contributed by atoms with Crippen molar-refractivity contribution < 1.29 is 9.59 Å². The van der Waals surface area contributed by atoms with Crippen LogP contribution >= 0.6 is 0 Å². The van der Waals surface area contributed by atoms with Gasteiger partial charge in [-0.1, -0.05) is 13.8 Å². The number of nitrogens with two attached hydrogens (primary N) is 2. The molecule has 0 radical (unpaired) electrons. The van der Waals surface area contributed by atoms with Gasteiger partial charge in [-0.3, -0.25) is 15.0 Å². The van der Waals surface area contributed by atoms with Gasteiger partial charge in [0.2, 0.25) is 5.91 Å². The lowest BCUT2D eigenvalue weighted by molar-refractivity contribution is -0.130. The fourth-order valence-electron chi connectivity index (χ4n) is 0.909. The molecule has 6 nitrogen and oxygen atoms in total. The van der Waals surface area contributed by atoms with Gasteiger partial charge < -0.3 is 11.1 Å². The molecule has 0 rings (SSSR count). The first-order valence-corrected chi connectivity index (χ1v) is 4.46. The smallest absolute Gasteiger partial charge is 0.256 e. The average Bonchev–Trinajstić information content (AvgIpc) is 2.11. The van der Waals surface area contributed by atoms with Gasteiger partial charge in [-0.15, -0.1) is 0 Å². The first kappa shape index (κ1) is 12.9. The normalized spacial score (nSPS) is 14.7. The van der Waals surface area contributed by atoms with E-state index in [-0.39, 0.29) is 11.8 Å². The van der Waals surface area contributed by atoms with E-state index in [1.165, 1.54) is 0 Å². The number of hydrogen-bond acceptors (Lipinski definition) is 4. The zero-order valence-electron chi connectivity index (χ0n) is 8.70. The van der Waals surface area contributed by atoms with Crippen LogP contribution in [0, 0.1) is 5.92 Å². The van der Waals surface area contributed by atoms with E-state index >= 15 is 0 Å². The third kappa shape index (κ3) is 3.71. The van der Waals surface area contributed by atoms with E-state index in [4.69, 9.17) is 11.6 Å². The average molecular weight is 202 g/mol. The standard InChI is InChI=1S/C8H18N4O2/c1-4(2)6(8(14)12-10)11-7(13)5(3)9/h4-6H,9-10H2,1-3H3,(H,11,13)(H,12,14). The second kappa shape index (κ2) is 5.56. The molecule has 0 aromatic heterocycles. The van der Waals surface area contributed by atoms with Crippen LogP contribution < -0.4 is 22.3 Å². The molecule has 6 heteroatoms. The fourth-order valence-corrected chi connectivity index (χ4v) is 0.909. The van der Waals surface area contributed by atoms with Crippen molar-refractivity contribution in [2.75, 3.05) is 0 Å². The predicted octanol–water partition coefficient (Wildman–Crippen LogP) is -1.54. The largest absolute Gasteiger partial charge is 0.343 e. The van der Waals surface area contributed by atoms with Gasteiger partial charge in [0.05, 0.1) is 6.04 Å². The Labute approximate surface area is 83.4 Å². The topological polar surface area (TPSA) is 110 Å². The summed E-state index contributed by atoms with van der Waals surface area (Å²) in [6.45, 7) is 5.16. The highest BCUT2D eigenvalue weighted by atomic mass is 16.2. The zero-order chi connectivity index (χ0) is 11.3. The van der Waals surface area contributed by atoms with Crippen LogP contribution in [0.2, 0.25) is 0 Å². The fraction of sp³-hybridized carbons (Fsp3) is 0.750. The Morgan fingerprint density at radius 2 is 1.64 bits per heavy atom. The van der Waals surface area contributed by atoms with Crippen LogP contribution in [0.3, 0.4) is 0 Å². The highest BCUT2D eigenvalue weighted by molar-refractivity contribution is 5.89. The summed E-state index contributed by atoms with van der Waals surface area (Å²) in [6.07, 6.45) is 0. The molecule has 0 heterocycles. The van der Waals surface area contributed by atoms with Gasteiger partial charge in [-0.2, -0.15) is 0 Å². The van der Waals surface area contributed by atoms with Gasteiger partial charge in [0, 0.05) is 0 Å². The van der Waals surface area contributed by atoms with Crippen molar-refractivity contribution in [1.82, 2.24) is 10.7 Å². The Morgan fingerprint density at radius 3 is 1.93 bits per heavy atom. The summed E-state index contributed by atoms with van der Waals surface area (Å²) in [5, 5.41) is 2.51. The first-order chi connectivity index (χ1) is 6.40. The van der Waals surface area contributed by atoms with Crippen molar-refractivity contribution in [1.29, 1.82) is 0 Å². The molecular formula is C8H18N4O2. The quantitative estimate of drug-likeness (QED) is 0.252. The molecule has 0 saturated carbocycles. The zero-order valence-corrected chi connectivity index (χ0v) is 8.70. The van der Waals surface area contributed by atoms with Crippen molar-refractivity contribution >= 4 is 11.8 Å². The van der Waals surface area contributed by atoms with Gasteiger partial charge in [-0.05, 0) is 12.8 Å². The van der Waals surface area contributed by atoms with E-state index in [0.29, 0.717) is 0 Å². The predicted molar refractivity (Wildman–Crippen MR) is 52.7 cm³/mol. The highest BCUT2D eigenvalue weighted by Crippen LogP contribution is 2.01. The monoisotopic (exact) mass is 202 g/mol. The Balaban J connectivity index is 4.38. The van der Waals surface area contributed by atoms with E-state index in [1.807, 2.05) is 5.43 Å². The first-order valence-electron chi connectivity index (χ1n) is 4.46. The number of hydrogen-bond donors (Lipinski definition) is 4. The SMILES string of the molecule is CC(N)C(=O)NC(C(=O)NN)C(C)C. The molecule has 0 spiro atoms. The van der Waals surface area contributed by atoms with Gasteiger partial charge >= 0.3 is 0 Å². The van der Waals surface area contributed by atoms with Crippen molar-refractivity contribution in [3.8, 4) is 0 Å². The third-order valence-electron chi connectivity index (χ3n) is 1.80. The lowest BCUT2D eigenvalue weighted by Crippen LogP contribution is -2.54. The highest BCUT2D eigenvalue weighted by Gasteiger charge is 2.24. The maximum Gasteiger partial charge on any atom is 0.256 e. The number of carbonyl (C=O) groups is 2. The number of hydrazine groups is 1. The molecule has 0 aliphatic carbocycles. The summed E-state index contributed by atoms with van der Waals surface area (Å²) in [5.41, 5.74) is 7.35. The van der Waals surface area contributed by atoms with Crippen LogP contribution in [-0.2, 0) is 9.59 Å². The minimum atomic E-state index is -0.640. The van der Waals surface area contributed by atoms with Gasteiger partial charge in [0.1, 0.15) is 6.04 Å². The van der Waals surface area contributed by atoms with E-state index < -0.39 is 18.0 Å². The molecule has 2 amide bonds. The van der Waals surface area contributed by atoms with Crippen molar-refractivity contribution in [2.45, 2.75) is 32.9 Å². The van der Waals surface area contributed by atoms with Crippen LogP contribution in [0.15, 0.2) is 0 Å². The molecule has 0 fully saturated rings. The van der Waals surface area contributed by atoms with E-state index in [9.17, 15) is 9.59 Å². The Hall–Kier alpha value is -1.14. The molecule has 0 aliphatic heterocycles. The summed E-state index contributed by atoms with van der Waals surface area (Å²) in [7, 11) is 0. The van der Waals surface area contributed by atoms with Gasteiger partial charge in [0.15, 0.2) is 0 Å². The second-order valence-corrected chi connectivity index (χ2v) is 3.53. The lowest BCUT2D eigenvalue weighted by Gasteiger charge is -2.21. The summed E-state index contributed by atoms with van der Waals surface area (Å²) in [5.74, 6) is 4.15. The van der Waals surface area contributed by atoms with Crippen molar-refractivity contribution in [2.24, 2.45) is 17.5 Å². The molecule has 0 aromatic rings. The summed E-state index contributed by atoms with van der Waals surface area (Å²) >= 11 is 0. The minimum absolute atomic E-state index is 0.0405. The van der Waals surface area contributed by atoms with E-state index in [2.05, 4.69) is 5.32 Å². The van der Waals surface area contributed by atoms with Crippen LogP contribution in [-0.4, -0.2) is 23.9 Å². The number of amides is 2. The Kier molecular flexibility index (Phi) is 5.11. The third-order valence-corrected chi connectivity index (χ3v) is 1.80. The van der Waals surface area contributed by atoms with Gasteiger partial charge in [-0.25, -0.2) is 5.84 Å². The molecular weight excluding hydrogens is 184 g/mol. The maximum absolute atomic E-state index is 11.2. The maximum atomic E-state index is 11.2. The molecule has 0 bridgehead atoms. The van der Waals surface area contributed by atoms with E-state index in [0.717, 1.165) is 0 Å². The second-order valence-electron chi connectivity index (χ2n) is 3.53. The summed E-state index contributed by atoms with van der Waals surface area (Å²) < 4.78 is 0. The molecule has 2 unspecified atom stereocenters. The van der Waals surface area contributed by atoms with Crippen molar-refractivity contribution in [3.63, 3.8) is 0 Å². The number of nitrogens with one attached hydrogen (secondary N) is 2. The molecule has 0 aromatic carbocycles. The van der Waals surface area contributed by atoms with Crippen LogP contribution in [0.4, 0.5) is 0 Å². The Bertz CT molecular complexity index is 215. The summed E-state index contributed by atoms with van der Waals surface area (Å²) in [6, 6.07) is -1.28. The Morgan fingerprint density at radius 1 is 1.14 bits per heavy atom. The lowest BCUT2D eigenvalue weighted by atomic mass is 10.0. The van der Waals surface area contributed by atoms with Crippen LogP contribution in [0.1, 0.15) is 20.8 Å². The van der Waals surface area contributed by atoms with Gasteiger partial charge in [0.25, 0.3) is 5.91 Å². The van der Waals surface area contributed by atoms with E-state index in [1.54, 1.807) is 20.8 Å². The summed E-state index contributed by atoms with van der Waals surface area (Å²) in [4.78, 5) is 22.4. The number of rotatable bonds is 4. The molecule has 0 aliphatic rings. The van der Waals surface area contributed by atoms with Crippen molar-refractivity contribution in [3.05, 3.63) is 0 Å². The molecule has 0 saturated heterocycles. The molecule has 6 N–H and O–H groups in total. The molecule has 14 heavy (non-hydrogen) atoms. The number of carbonyl (C=O) groups excluding carboxylic acids is 2. The van der Waals surface area contributed by atoms with Crippen LogP contribution in [0.25, 0.3) is 0 Å². The molecule has 82 valence electrons. The minimum Gasteiger partial charge on any atom is -0.343 e. The van der Waals surface area contributed by atoms with Crippen LogP contribution in [0.5, 0.6) is 0 Å².